The highest BCUT2D eigenvalue weighted by atomic mass is 16.5. The Kier molecular flexibility index (Phi) is 6.35. The van der Waals surface area contributed by atoms with E-state index in [9.17, 15) is 4.79 Å². The Labute approximate surface area is 161 Å². The second kappa shape index (κ2) is 8.91. The molecule has 2 aromatic rings. The molecule has 1 unspecified atom stereocenters. The SMILES string of the molecule is Cc1ccc(OC(C)C(=O)NCc2ccc(N3CCOCC3)cc2)c(C)c1. The summed E-state index contributed by atoms with van der Waals surface area (Å²) >= 11 is 0. The maximum Gasteiger partial charge on any atom is 0.261 e. The van der Waals surface area contributed by atoms with Gasteiger partial charge in [0, 0.05) is 25.3 Å². The van der Waals surface area contributed by atoms with Gasteiger partial charge in [-0.3, -0.25) is 4.79 Å². The van der Waals surface area contributed by atoms with Gasteiger partial charge in [0.1, 0.15) is 5.75 Å². The molecule has 27 heavy (non-hydrogen) atoms. The first-order chi connectivity index (χ1) is 13.0. The van der Waals surface area contributed by atoms with E-state index in [1.807, 2.05) is 26.0 Å². The molecule has 1 heterocycles. The minimum Gasteiger partial charge on any atom is -0.481 e. The molecule has 1 fully saturated rings. The van der Waals surface area contributed by atoms with Crippen molar-refractivity contribution in [2.75, 3.05) is 31.2 Å². The predicted molar refractivity (Wildman–Crippen MR) is 107 cm³/mol. The first kappa shape index (κ1) is 19.2. The molecule has 1 atom stereocenters. The topological polar surface area (TPSA) is 50.8 Å². The normalized spacial score (nSPS) is 15.3. The Hall–Kier alpha value is -2.53. The van der Waals surface area contributed by atoms with E-state index in [-0.39, 0.29) is 5.91 Å². The van der Waals surface area contributed by atoms with Gasteiger partial charge in [-0.1, -0.05) is 29.8 Å². The lowest BCUT2D eigenvalue weighted by atomic mass is 10.1. The molecular weight excluding hydrogens is 340 g/mol. The molecule has 5 heteroatoms. The monoisotopic (exact) mass is 368 g/mol. The maximum absolute atomic E-state index is 12.4. The summed E-state index contributed by atoms with van der Waals surface area (Å²) in [5.41, 5.74) is 4.48. The molecule has 1 N–H and O–H groups in total. The second-order valence-corrected chi connectivity index (χ2v) is 7.01. The van der Waals surface area contributed by atoms with Gasteiger partial charge in [-0.2, -0.15) is 0 Å². The molecule has 0 radical (unpaired) electrons. The Morgan fingerprint density at radius 3 is 2.52 bits per heavy atom. The lowest BCUT2D eigenvalue weighted by Gasteiger charge is -2.28. The van der Waals surface area contributed by atoms with Gasteiger partial charge >= 0.3 is 0 Å². The Morgan fingerprint density at radius 1 is 1.15 bits per heavy atom. The molecule has 1 saturated heterocycles. The first-order valence-corrected chi connectivity index (χ1v) is 9.46. The molecule has 144 valence electrons. The van der Waals surface area contributed by atoms with Gasteiger partial charge in [0.15, 0.2) is 6.10 Å². The Bertz CT molecular complexity index is 768. The van der Waals surface area contributed by atoms with Crippen LogP contribution in [0.3, 0.4) is 0 Å². The summed E-state index contributed by atoms with van der Waals surface area (Å²) in [6, 6.07) is 14.3. The molecule has 5 nitrogen and oxygen atoms in total. The maximum atomic E-state index is 12.4. The number of amides is 1. The van der Waals surface area contributed by atoms with E-state index in [4.69, 9.17) is 9.47 Å². The Morgan fingerprint density at radius 2 is 1.85 bits per heavy atom. The van der Waals surface area contributed by atoms with Crippen LogP contribution in [0.4, 0.5) is 5.69 Å². The van der Waals surface area contributed by atoms with Crippen LogP contribution >= 0.6 is 0 Å². The number of anilines is 1. The molecule has 3 rings (SSSR count). The summed E-state index contributed by atoms with van der Waals surface area (Å²) in [5, 5.41) is 2.95. The van der Waals surface area contributed by atoms with Crippen LogP contribution in [0.2, 0.25) is 0 Å². The zero-order valence-corrected chi connectivity index (χ0v) is 16.3. The number of morpholine rings is 1. The standard InChI is InChI=1S/C22H28N2O3/c1-16-4-9-21(17(2)14-16)27-18(3)22(25)23-15-19-5-7-20(8-6-19)24-10-12-26-13-11-24/h4-9,14,18H,10-13,15H2,1-3H3,(H,23,25). The van der Waals surface area contributed by atoms with E-state index in [0.29, 0.717) is 6.54 Å². The molecule has 0 aliphatic carbocycles. The number of benzene rings is 2. The third-order valence-corrected chi connectivity index (χ3v) is 4.78. The number of nitrogens with one attached hydrogen (secondary N) is 1. The number of nitrogens with zero attached hydrogens (tertiary/aromatic N) is 1. The summed E-state index contributed by atoms with van der Waals surface area (Å²) in [6.07, 6.45) is -0.543. The van der Waals surface area contributed by atoms with Crippen LogP contribution in [0.5, 0.6) is 5.75 Å². The number of aryl methyl sites for hydroxylation is 2. The average Bonchev–Trinajstić information content (AvgIpc) is 2.69. The predicted octanol–water partition coefficient (Wildman–Crippen LogP) is 3.22. The number of carbonyl (C=O) groups is 1. The van der Waals surface area contributed by atoms with Crippen molar-refractivity contribution in [3.63, 3.8) is 0 Å². The van der Waals surface area contributed by atoms with E-state index < -0.39 is 6.10 Å². The molecule has 1 aliphatic rings. The van der Waals surface area contributed by atoms with E-state index in [1.54, 1.807) is 6.92 Å². The van der Waals surface area contributed by atoms with Gasteiger partial charge in [-0.25, -0.2) is 0 Å². The molecule has 0 aromatic heterocycles. The van der Waals surface area contributed by atoms with Crippen molar-refractivity contribution >= 4 is 11.6 Å². The Balaban J connectivity index is 1.50. The average molecular weight is 368 g/mol. The molecular formula is C22H28N2O3. The number of ether oxygens (including phenoxy) is 2. The zero-order chi connectivity index (χ0) is 19.2. The van der Waals surface area contributed by atoms with Crippen LogP contribution in [0, 0.1) is 13.8 Å². The highest BCUT2D eigenvalue weighted by Gasteiger charge is 2.16. The molecule has 0 bridgehead atoms. The number of carbonyl (C=O) groups excluding carboxylic acids is 1. The summed E-state index contributed by atoms with van der Waals surface area (Å²) < 4.78 is 11.2. The van der Waals surface area contributed by atoms with Gasteiger partial charge in [0.25, 0.3) is 5.91 Å². The fourth-order valence-corrected chi connectivity index (χ4v) is 3.15. The van der Waals surface area contributed by atoms with Crippen molar-refractivity contribution in [1.29, 1.82) is 0 Å². The first-order valence-electron chi connectivity index (χ1n) is 9.46. The lowest BCUT2D eigenvalue weighted by Crippen LogP contribution is -2.36. The molecule has 0 saturated carbocycles. The van der Waals surface area contributed by atoms with Crippen molar-refractivity contribution in [3.8, 4) is 5.75 Å². The molecule has 2 aromatic carbocycles. The van der Waals surface area contributed by atoms with E-state index >= 15 is 0 Å². The molecule has 1 aliphatic heterocycles. The van der Waals surface area contributed by atoms with Gasteiger partial charge in [-0.15, -0.1) is 0 Å². The van der Waals surface area contributed by atoms with Gasteiger partial charge in [0.05, 0.1) is 13.2 Å². The summed E-state index contributed by atoms with van der Waals surface area (Å²) in [6.45, 7) is 9.68. The van der Waals surface area contributed by atoms with Crippen molar-refractivity contribution in [1.82, 2.24) is 5.32 Å². The minimum atomic E-state index is -0.543. The highest BCUT2D eigenvalue weighted by Crippen LogP contribution is 2.20. The van der Waals surface area contributed by atoms with Crippen LogP contribution in [0.15, 0.2) is 42.5 Å². The highest BCUT2D eigenvalue weighted by molar-refractivity contribution is 5.80. The van der Waals surface area contributed by atoms with Crippen molar-refractivity contribution in [2.24, 2.45) is 0 Å². The van der Waals surface area contributed by atoms with Gasteiger partial charge in [0.2, 0.25) is 0 Å². The number of hydrogen-bond donors (Lipinski definition) is 1. The third kappa shape index (κ3) is 5.23. The van der Waals surface area contributed by atoms with Crippen molar-refractivity contribution in [3.05, 3.63) is 59.2 Å². The fraction of sp³-hybridized carbons (Fsp3) is 0.409. The van der Waals surface area contributed by atoms with Crippen LogP contribution in [0.1, 0.15) is 23.6 Å². The van der Waals surface area contributed by atoms with Crippen LogP contribution in [-0.2, 0) is 16.1 Å². The van der Waals surface area contributed by atoms with Crippen LogP contribution in [0.25, 0.3) is 0 Å². The largest absolute Gasteiger partial charge is 0.481 e. The van der Waals surface area contributed by atoms with E-state index in [0.717, 1.165) is 43.2 Å². The summed E-state index contributed by atoms with van der Waals surface area (Å²) in [7, 11) is 0. The van der Waals surface area contributed by atoms with Crippen molar-refractivity contribution < 1.29 is 14.3 Å². The molecule has 0 spiro atoms. The van der Waals surface area contributed by atoms with Crippen molar-refractivity contribution in [2.45, 2.75) is 33.4 Å². The van der Waals surface area contributed by atoms with Crippen LogP contribution in [-0.4, -0.2) is 38.3 Å². The summed E-state index contributed by atoms with van der Waals surface area (Å²) in [4.78, 5) is 14.7. The van der Waals surface area contributed by atoms with E-state index in [2.05, 4.69) is 40.5 Å². The van der Waals surface area contributed by atoms with Gasteiger partial charge < -0.3 is 19.7 Å². The van der Waals surface area contributed by atoms with Crippen LogP contribution < -0.4 is 15.0 Å². The van der Waals surface area contributed by atoms with E-state index in [1.165, 1.54) is 11.3 Å². The third-order valence-electron chi connectivity index (χ3n) is 4.78. The molecule has 1 amide bonds. The minimum absolute atomic E-state index is 0.118. The summed E-state index contributed by atoms with van der Waals surface area (Å²) in [5.74, 6) is 0.630. The quantitative estimate of drug-likeness (QED) is 0.851. The second-order valence-electron chi connectivity index (χ2n) is 7.01. The smallest absolute Gasteiger partial charge is 0.261 e. The fourth-order valence-electron chi connectivity index (χ4n) is 3.15. The number of rotatable bonds is 6. The van der Waals surface area contributed by atoms with Gasteiger partial charge in [-0.05, 0) is 50.1 Å². The lowest BCUT2D eigenvalue weighted by molar-refractivity contribution is -0.127. The zero-order valence-electron chi connectivity index (χ0n) is 16.3. The number of hydrogen-bond acceptors (Lipinski definition) is 4.